The van der Waals surface area contributed by atoms with Gasteiger partial charge < -0.3 is 0 Å². The molecule has 4 nitrogen and oxygen atoms in total. The zero-order valence-electron chi connectivity index (χ0n) is 15.7. The monoisotopic (exact) mass is 340 g/mol. The quantitative estimate of drug-likeness (QED) is 0.599. The lowest BCUT2D eigenvalue weighted by molar-refractivity contribution is 0.608. The maximum absolute atomic E-state index is 12.5. The molecule has 0 aliphatic rings. The largest absolute Gasteiger partial charge is 0.261 e. The van der Waals surface area contributed by atoms with Crippen LogP contribution >= 0.6 is 0 Å². The van der Waals surface area contributed by atoms with Gasteiger partial charge in [-0.25, -0.2) is 14.4 Å². The van der Waals surface area contributed by atoms with Gasteiger partial charge in [0.15, 0.2) is 0 Å². The Morgan fingerprint density at radius 3 is 1.60 bits per heavy atom. The first kappa shape index (κ1) is 20.4. The maximum Gasteiger partial charge on any atom is 0.144 e. The molecule has 0 saturated carbocycles. The minimum Gasteiger partial charge on any atom is -0.261 e. The van der Waals surface area contributed by atoms with Gasteiger partial charge >= 0.3 is 0 Å². The average Bonchev–Trinajstić information content (AvgIpc) is 2.58. The molecule has 0 radical (unpaired) electrons. The second-order valence-corrected chi connectivity index (χ2v) is 5.86. The van der Waals surface area contributed by atoms with E-state index >= 15 is 0 Å². The van der Waals surface area contributed by atoms with Crippen molar-refractivity contribution in [2.24, 2.45) is 0 Å². The molecule has 3 heterocycles. The van der Waals surface area contributed by atoms with Gasteiger partial charge in [-0.2, -0.15) is 0 Å². The first-order valence-corrected chi connectivity index (χ1v) is 8.01. The van der Waals surface area contributed by atoms with E-state index in [1.165, 1.54) is 11.6 Å². The van der Waals surface area contributed by atoms with Crippen LogP contribution in [0.3, 0.4) is 0 Å². The average molecular weight is 340 g/mol. The van der Waals surface area contributed by atoms with Crippen LogP contribution in [0.15, 0.2) is 43.0 Å². The molecule has 132 valence electrons. The standard InChI is InChI=1S/C7H8FN.C7H9N.C6H8N2/c1-5-3-7(8)6(2)9-4-5;1-6-3-4-7(2)8-5-6;1-5-3-7-6(2)8-4-5/h3-4H,1-2H3;3-5H,1-2H3;3-4H,1-2H3. The molecule has 0 bridgehead atoms. The van der Waals surface area contributed by atoms with Gasteiger partial charge in [0.2, 0.25) is 0 Å². The first-order valence-electron chi connectivity index (χ1n) is 8.01. The third kappa shape index (κ3) is 8.65. The highest BCUT2D eigenvalue weighted by molar-refractivity contribution is 5.13. The zero-order chi connectivity index (χ0) is 18.8. The highest BCUT2D eigenvalue weighted by atomic mass is 19.1. The summed E-state index contributed by atoms with van der Waals surface area (Å²) in [5.41, 5.74) is 4.72. The number of aromatic nitrogens is 4. The van der Waals surface area contributed by atoms with Gasteiger partial charge in [0.05, 0.1) is 5.69 Å². The van der Waals surface area contributed by atoms with E-state index in [9.17, 15) is 4.39 Å². The van der Waals surface area contributed by atoms with Gasteiger partial charge in [-0.1, -0.05) is 6.07 Å². The highest BCUT2D eigenvalue weighted by Crippen LogP contribution is 2.03. The van der Waals surface area contributed by atoms with Crippen molar-refractivity contribution in [1.29, 1.82) is 0 Å². The maximum atomic E-state index is 12.5. The minimum absolute atomic E-state index is 0.227. The van der Waals surface area contributed by atoms with Gasteiger partial charge in [0.1, 0.15) is 11.6 Å². The number of rotatable bonds is 0. The van der Waals surface area contributed by atoms with Gasteiger partial charge in [-0.15, -0.1) is 0 Å². The number of hydrogen-bond donors (Lipinski definition) is 0. The summed E-state index contributed by atoms with van der Waals surface area (Å²) < 4.78 is 12.5. The molecule has 0 amide bonds. The van der Waals surface area contributed by atoms with Crippen molar-refractivity contribution in [3.05, 3.63) is 82.7 Å². The third-order valence-electron chi connectivity index (χ3n) is 3.13. The third-order valence-corrected chi connectivity index (χ3v) is 3.13. The van der Waals surface area contributed by atoms with Crippen molar-refractivity contribution in [2.75, 3.05) is 0 Å². The molecular weight excluding hydrogens is 315 g/mol. The van der Waals surface area contributed by atoms with E-state index in [0.29, 0.717) is 5.69 Å². The summed E-state index contributed by atoms with van der Waals surface area (Å²) >= 11 is 0. The molecule has 5 heteroatoms. The molecule has 0 aliphatic carbocycles. The Kier molecular flexibility index (Phi) is 8.33. The Hall–Kier alpha value is -2.69. The fourth-order valence-electron chi connectivity index (χ4n) is 1.60. The SMILES string of the molecule is Cc1ccc(C)nc1.Cc1cnc(C)c(F)c1.Cc1cnc(C)nc1. The van der Waals surface area contributed by atoms with Gasteiger partial charge in [-0.05, 0) is 70.4 Å². The molecule has 0 unspecified atom stereocenters. The first-order chi connectivity index (χ1) is 11.8. The Labute approximate surface area is 149 Å². The number of hydrogen-bond acceptors (Lipinski definition) is 4. The molecule has 3 aromatic rings. The fourth-order valence-corrected chi connectivity index (χ4v) is 1.60. The summed E-state index contributed by atoms with van der Waals surface area (Å²) in [6.07, 6.45) is 7.14. The zero-order valence-corrected chi connectivity index (χ0v) is 15.7. The second kappa shape index (κ2) is 10.2. The van der Waals surface area contributed by atoms with Crippen molar-refractivity contribution in [2.45, 2.75) is 41.5 Å². The molecule has 0 atom stereocenters. The Bertz CT molecular complexity index is 683. The number of halogens is 1. The van der Waals surface area contributed by atoms with E-state index in [0.717, 1.165) is 22.6 Å². The van der Waals surface area contributed by atoms with Crippen LogP contribution in [0.5, 0.6) is 0 Å². The van der Waals surface area contributed by atoms with Gasteiger partial charge in [-0.3, -0.25) is 9.97 Å². The van der Waals surface area contributed by atoms with E-state index in [2.05, 4.69) is 26.0 Å². The van der Waals surface area contributed by atoms with Crippen LogP contribution in [-0.2, 0) is 0 Å². The van der Waals surface area contributed by atoms with Crippen LogP contribution in [0.4, 0.5) is 4.39 Å². The van der Waals surface area contributed by atoms with E-state index < -0.39 is 0 Å². The Morgan fingerprint density at radius 2 is 1.20 bits per heavy atom. The van der Waals surface area contributed by atoms with Crippen LogP contribution in [0.1, 0.15) is 33.9 Å². The molecule has 3 aromatic heterocycles. The number of nitrogens with zero attached hydrogens (tertiary/aromatic N) is 4. The summed E-state index contributed by atoms with van der Waals surface area (Å²) in [5.74, 6) is 0.602. The molecule has 0 saturated heterocycles. The van der Waals surface area contributed by atoms with E-state index in [4.69, 9.17) is 0 Å². The van der Waals surface area contributed by atoms with Gasteiger partial charge in [0.25, 0.3) is 0 Å². The van der Waals surface area contributed by atoms with Crippen molar-refractivity contribution >= 4 is 0 Å². The van der Waals surface area contributed by atoms with E-state index in [-0.39, 0.29) is 5.82 Å². The number of aryl methyl sites for hydroxylation is 6. The molecule has 0 N–H and O–H groups in total. The molecule has 0 aromatic carbocycles. The van der Waals surface area contributed by atoms with Crippen molar-refractivity contribution in [3.8, 4) is 0 Å². The van der Waals surface area contributed by atoms with Crippen LogP contribution in [-0.4, -0.2) is 19.9 Å². The molecule has 0 aliphatic heterocycles. The Morgan fingerprint density at radius 1 is 0.640 bits per heavy atom. The van der Waals surface area contributed by atoms with Crippen LogP contribution in [0, 0.1) is 47.4 Å². The molecule has 3 rings (SSSR count). The topological polar surface area (TPSA) is 51.6 Å². The Balaban J connectivity index is 0.000000188. The fraction of sp³-hybridized carbons (Fsp3) is 0.300. The van der Waals surface area contributed by atoms with Crippen molar-refractivity contribution in [1.82, 2.24) is 19.9 Å². The summed E-state index contributed by atoms with van der Waals surface area (Å²) in [5, 5.41) is 0. The summed E-state index contributed by atoms with van der Waals surface area (Å²) in [7, 11) is 0. The van der Waals surface area contributed by atoms with Gasteiger partial charge in [0, 0.05) is 30.5 Å². The summed E-state index contributed by atoms with van der Waals surface area (Å²) in [6.45, 7) is 11.3. The highest BCUT2D eigenvalue weighted by Gasteiger charge is 1.95. The molecular formula is C20H25FN4. The molecule has 0 fully saturated rings. The molecule has 25 heavy (non-hydrogen) atoms. The minimum atomic E-state index is -0.227. The van der Waals surface area contributed by atoms with Crippen LogP contribution in [0.2, 0.25) is 0 Å². The normalized spacial score (nSPS) is 9.40. The smallest absolute Gasteiger partial charge is 0.144 e. The predicted molar refractivity (Wildman–Crippen MR) is 98.9 cm³/mol. The number of pyridine rings is 2. The summed E-state index contributed by atoms with van der Waals surface area (Å²) in [6, 6.07) is 5.54. The second-order valence-electron chi connectivity index (χ2n) is 5.86. The van der Waals surface area contributed by atoms with Crippen LogP contribution in [0.25, 0.3) is 0 Å². The van der Waals surface area contributed by atoms with Crippen LogP contribution < -0.4 is 0 Å². The van der Waals surface area contributed by atoms with Crippen molar-refractivity contribution in [3.63, 3.8) is 0 Å². The van der Waals surface area contributed by atoms with Crippen molar-refractivity contribution < 1.29 is 4.39 Å². The van der Waals surface area contributed by atoms with E-state index in [1.54, 1.807) is 13.1 Å². The molecule has 0 spiro atoms. The van der Waals surface area contributed by atoms with E-state index in [1.807, 2.05) is 59.3 Å². The summed E-state index contributed by atoms with van der Waals surface area (Å²) in [4.78, 5) is 15.8. The lowest BCUT2D eigenvalue weighted by atomic mass is 10.3. The lowest BCUT2D eigenvalue weighted by Crippen LogP contribution is -1.87. The lowest BCUT2D eigenvalue weighted by Gasteiger charge is -1.93. The predicted octanol–water partition coefficient (Wildman–Crippen LogP) is 4.63.